The molecule has 122 valence electrons. The average molecular weight is 304 g/mol. The van der Waals surface area contributed by atoms with Crippen LogP contribution in [0.5, 0.6) is 0 Å². The minimum absolute atomic E-state index is 0.162. The molecule has 22 heavy (non-hydrogen) atoms. The third kappa shape index (κ3) is 5.34. The van der Waals surface area contributed by atoms with E-state index in [1.807, 2.05) is 26.8 Å². The van der Waals surface area contributed by atoms with Crippen molar-refractivity contribution >= 4 is 6.09 Å². The zero-order valence-corrected chi connectivity index (χ0v) is 14.1. The number of carbonyl (C=O) groups is 1. The van der Waals surface area contributed by atoms with Gasteiger partial charge in [-0.05, 0) is 46.1 Å². The summed E-state index contributed by atoms with van der Waals surface area (Å²) in [4.78, 5) is 14.4. The molecule has 1 saturated heterocycles. The number of carbonyl (C=O) groups excluding carboxylic acids is 1. The third-order valence-corrected chi connectivity index (χ3v) is 3.96. The van der Waals surface area contributed by atoms with Gasteiger partial charge < -0.3 is 10.1 Å². The fraction of sp³-hybridized carbons (Fsp3) is 0.611. The summed E-state index contributed by atoms with van der Waals surface area (Å²) in [6.07, 6.45) is 1.78. The van der Waals surface area contributed by atoms with Gasteiger partial charge in [0, 0.05) is 25.2 Å². The Morgan fingerprint density at radius 1 is 1.27 bits per heavy atom. The lowest BCUT2D eigenvalue weighted by Gasteiger charge is -2.38. The van der Waals surface area contributed by atoms with Crippen molar-refractivity contribution < 1.29 is 9.53 Å². The van der Waals surface area contributed by atoms with Gasteiger partial charge in [-0.3, -0.25) is 4.90 Å². The van der Waals surface area contributed by atoms with E-state index < -0.39 is 5.60 Å². The highest BCUT2D eigenvalue weighted by Gasteiger charge is 2.27. The van der Waals surface area contributed by atoms with Crippen molar-refractivity contribution in [2.24, 2.45) is 0 Å². The van der Waals surface area contributed by atoms with Crippen LogP contribution in [0.25, 0.3) is 0 Å². The van der Waals surface area contributed by atoms with Crippen LogP contribution >= 0.6 is 0 Å². The van der Waals surface area contributed by atoms with Crippen molar-refractivity contribution in [3.05, 3.63) is 35.9 Å². The van der Waals surface area contributed by atoms with Gasteiger partial charge in [0.05, 0.1) is 0 Å². The van der Waals surface area contributed by atoms with E-state index in [2.05, 4.69) is 41.4 Å². The van der Waals surface area contributed by atoms with Gasteiger partial charge in [0.1, 0.15) is 5.60 Å². The van der Waals surface area contributed by atoms with Gasteiger partial charge in [0.2, 0.25) is 0 Å². The number of nitrogens with zero attached hydrogens (tertiary/aromatic N) is 1. The molecule has 1 fully saturated rings. The monoisotopic (exact) mass is 304 g/mol. The molecule has 0 saturated carbocycles. The summed E-state index contributed by atoms with van der Waals surface area (Å²) >= 11 is 0. The lowest BCUT2D eigenvalue weighted by Crippen LogP contribution is -2.51. The predicted molar refractivity (Wildman–Crippen MR) is 88.7 cm³/mol. The second-order valence-corrected chi connectivity index (χ2v) is 7.18. The van der Waals surface area contributed by atoms with Crippen LogP contribution in [-0.4, -0.2) is 35.2 Å². The molecule has 1 heterocycles. The Bertz CT molecular complexity index is 482. The maximum Gasteiger partial charge on any atom is 0.407 e. The fourth-order valence-electron chi connectivity index (χ4n) is 2.81. The van der Waals surface area contributed by atoms with Crippen molar-refractivity contribution in [1.82, 2.24) is 10.2 Å². The lowest BCUT2D eigenvalue weighted by atomic mass is 9.98. The van der Waals surface area contributed by atoms with E-state index in [1.54, 1.807) is 0 Å². The van der Waals surface area contributed by atoms with Crippen LogP contribution in [0.4, 0.5) is 4.79 Å². The fourth-order valence-corrected chi connectivity index (χ4v) is 2.81. The summed E-state index contributed by atoms with van der Waals surface area (Å²) < 4.78 is 5.35. The van der Waals surface area contributed by atoms with Gasteiger partial charge in [-0.1, -0.05) is 30.3 Å². The molecule has 0 radical (unpaired) electrons. The van der Waals surface area contributed by atoms with Crippen molar-refractivity contribution in [3.63, 3.8) is 0 Å². The molecule has 2 atom stereocenters. The molecule has 1 aromatic rings. The molecule has 0 spiro atoms. The number of rotatable bonds is 3. The number of hydrogen-bond acceptors (Lipinski definition) is 3. The van der Waals surface area contributed by atoms with Crippen LogP contribution in [0.1, 0.15) is 46.1 Å². The third-order valence-electron chi connectivity index (χ3n) is 3.96. The number of nitrogens with one attached hydrogen (secondary N) is 1. The first-order chi connectivity index (χ1) is 10.3. The van der Waals surface area contributed by atoms with Gasteiger partial charge in [-0.15, -0.1) is 0 Å². The van der Waals surface area contributed by atoms with E-state index in [0.717, 1.165) is 25.9 Å². The second kappa shape index (κ2) is 7.14. The first-order valence-corrected chi connectivity index (χ1v) is 8.11. The molecular weight excluding hydrogens is 276 g/mol. The van der Waals surface area contributed by atoms with E-state index in [0.29, 0.717) is 6.04 Å². The standard InChI is InChI=1S/C18H28N2O2/c1-14-10-11-16(19-17(21)22-18(2,3)4)13-20(14)12-15-8-6-5-7-9-15/h5-9,14,16H,10-13H2,1-4H3,(H,19,21). The van der Waals surface area contributed by atoms with Crippen LogP contribution < -0.4 is 5.32 Å². The van der Waals surface area contributed by atoms with Gasteiger partial charge in [0.15, 0.2) is 0 Å². The Kier molecular flexibility index (Phi) is 5.46. The summed E-state index contributed by atoms with van der Waals surface area (Å²) in [5.74, 6) is 0. The molecule has 1 aliphatic heterocycles. The first kappa shape index (κ1) is 16.8. The molecule has 1 aliphatic rings. The van der Waals surface area contributed by atoms with E-state index >= 15 is 0 Å². The minimum Gasteiger partial charge on any atom is -0.444 e. The normalized spacial score (nSPS) is 23.1. The lowest BCUT2D eigenvalue weighted by molar-refractivity contribution is 0.0443. The zero-order valence-electron chi connectivity index (χ0n) is 14.1. The summed E-state index contributed by atoms with van der Waals surface area (Å²) in [6, 6.07) is 11.2. The highest BCUT2D eigenvalue weighted by molar-refractivity contribution is 5.68. The van der Waals surface area contributed by atoms with Crippen LogP contribution in [0.3, 0.4) is 0 Å². The molecule has 4 heteroatoms. The van der Waals surface area contributed by atoms with E-state index in [1.165, 1.54) is 5.56 Å². The van der Waals surface area contributed by atoms with Gasteiger partial charge in [-0.25, -0.2) is 4.79 Å². The topological polar surface area (TPSA) is 41.6 Å². The highest BCUT2D eigenvalue weighted by Crippen LogP contribution is 2.20. The summed E-state index contributed by atoms with van der Waals surface area (Å²) in [5.41, 5.74) is 0.864. The quantitative estimate of drug-likeness (QED) is 0.928. The van der Waals surface area contributed by atoms with Crippen molar-refractivity contribution in [2.75, 3.05) is 6.54 Å². The number of hydrogen-bond donors (Lipinski definition) is 1. The molecule has 1 amide bonds. The molecular formula is C18H28N2O2. The predicted octanol–water partition coefficient (Wildman–Crippen LogP) is 3.56. The van der Waals surface area contributed by atoms with Crippen LogP contribution in [-0.2, 0) is 11.3 Å². The smallest absolute Gasteiger partial charge is 0.407 e. The molecule has 1 aromatic carbocycles. The number of likely N-dealkylation sites (tertiary alicyclic amines) is 1. The SMILES string of the molecule is CC1CCC(NC(=O)OC(C)(C)C)CN1Cc1ccccc1. The average Bonchev–Trinajstić information content (AvgIpc) is 2.41. The van der Waals surface area contributed by atoms with Crippen molar-refractivity contribution in [2.45, 2.75) is 64.8 Å². The van der Waals surface area contributed by atoms with Crippen molar-refractivity contribution in [1.29, 1.82) is 0 Å². The van der Waals surface area contributed by atoms with Crippen molar-refractivity contribution in [3.8, 4) is 0 Å². The van der Waals surface area contributed by atoms with Crippen LogP contribution in [0.2, 0.25) is 0 Å². The van der Waals surface area contributed by atoms with Crippen LogP contribution in [0.15, 0.2) is 30.3 Å². The maximum absolute atomic E-state index is 11.9. The molecule has 0 aliphatic carbocycles. The number of alkyl carbamates (subject to hydrolysis) is 1. The largest absolute Gasteiger partial charge is 0.444 e. The molecule has 4 nitrogen and oxygen atoms in total. The summed E-state index contributed by atoms with van der Waals surface area (Å²) in [5, 5.41) is 3.01. The zero-order chi connectivity index (χ0) is 16.2. The minimum atomic E-state index is -0.449. The van der Waals surface area contributed by atoms with Gasteiger partial charge in [-0.2, -0.15) is 0 Å². The molecule has 2 rings (SSSR count). The molecule has 1 N–H and O–H groups in total. The Morgan fingerprint density at radius 3 is 2.59 bits per heavy atom. The number of piperidine rings is 1. The molecule has 0 bridgehead atoms. The Labute approximate surface area is 133 Å². The maximum atomic E-state index is 11.9. The molecule has 0 aromatic heterocycles. The summed E-state index contributed by atoms with van der Waals surface area (Å²) in [6.45, 7) is 9.71. The molecule has 2 unspecified atom stereocenters. The number of ether oxygens (including phenoxy) is 1. The Morgan fingerprint density at radius 2 is 1.95 bits per heavy atom. The van der Waals surface area contributed by atoms with E-state index in [-0.39, 0.29) is 12.1 Å². The van der Waals surface area contributed by atoms with Gasteiger partial charge >= 0.3 is 6.09 Å². The summed E-state index contributed by atoms with van der Waals surface area (Å²) in [7, 11) is 0. The highest BCUT2D eigenvalue weighted by atomic mass is 16.6. The Balaban J connectivity index is 1.89. The van der Waals surface area contributed by atoms with Crippen LogP contribution in [0, 0.1) is 0 Å². The van der Waals surface area contributed by atoms with E-state index in [4.69, 9.17) is 4.74 Å². The Hall–Kier alpha value is -1.55. The number of amides is 1. The van der Waals surface area contributed by atoms with Gasteiger partial charge in [0.25, 0.3) is 0 Å². The number of benzene rings is 1. The first-order valence-electron chi connectivity index (χ1n) is 8.11. The van der Waals surface area contributed by atoms with E-state index in [9.17, 15) is 4.79 Å². The second-order valence-electron chi connectivity index (χ2n) is 7.18.